The number of nitrogens with two attached hydrogens (primary N) is 1. The number of fused-ring (bicyclic) bond motifs is 4. The molecule has 3 aromatic heterocycles. The highest BCUT2D eigenvalue weighted by Crippen LogP contribution is 2.41. The molecule has 3 N–H and O–H groups in total. The van der Waals surface area contributed by atoms with E-state index in [4.69, 9.17) is 20.4 Å². The maximum atomic E-state index is 13.7. The fraction of sp³-hybridized carbons (Fsp3) is 0.483. The summed E-state index contributed by atoms with van der Waals surface area (Å²) in [6.07, 6.45) is 6.49. The summed E-state index contributed by atoms with van der Waals surface area (Å²) in [6, 6.07) is 10.7. The summed E-state index contributed by atoms with van der Waals surface area (Å²) in [7, 11) is 1.68. The molecule has 2 saturated carbocycles. The summed E-state index contributed by atoms with van der Waals surface area (Å²) in [4.78, 5) is 25.7. The number of ether oxygens (including phenoxy) is 1. The number of pyridine rings is 1. The minimum atomic E-state index is 0.0290. The van der Waals surface area contributed by atoms with Gasteiger partial charge in [0.15, 0.2) is 5.82 Å². The molecule has 5 heterocycles. The number of aromatic nitrogens is 4. The highest BCUT2D eigenvalue weighted by Gasteiger charge is 2.47. The zero-order chi connectivity index (χ0) is 25.5. The summed E-state index contributed by atoms with van der Waals surface area (Å²) < 4.78 is 10.6. The minimum Gasteiger partial charge on any atom is -0.494 e. The van der Waals surface area contributed by atoms with Crippen LogP contribution in [0, 0.1) is 11.8 Å². The van der Waals surface area contributed by atoms with E-state index in [2.05, 4.69) is 26.6 Å². The molecule has 3 atom stereocenters. The lowest BCUT2D eigenvalue weighted by molar-refractivity contribution is 0.0700. The molecular weight excluding hydrogens is 478 g/mol. The predicted octanol–water partition coefficient (Wildman–Crippen LogP) is 3.18. The Labute approximate surface area is 221 Å². The van der Waals surface area contributed by atoms with Crippen molar-refractivity contribution in [3.8, 4) is 17.3 Å². The number of hydrogen-bond donors (Lipinski definition) is 2. The number of nitrogens with one attached hydrogen (secondary N) is 1. The Morgan fingerprint density at radius 3 is 2.74 bits per heavy atom. The van der Waals surface area contributed by atoms with E-state index in [1.165, 1.54) is 12.8 Å². The number of amides is 1. The zero-order valence-electron chi connectivity index (χ0n) is 21.6. The van der Waals surface area contributed by atoms with E-state index in [0.717, 1.165) is 72.6 Å². The Kier molecular flexibility index (Phi) is 4.91. The number of carbonyl (C=O) groups is 1. The molecule has 196 valence electrons. The van der Waals surface area contributed by atoms with Crippen molar-refractivity contribution in [3.63, 3.8) is 0 Å². The average molecular weight is 512 g/mol. The van der Waals surface area contributed by atoms with Gasteiger partial charge in [0, 0.05) is 55.4 Å². The van der Waals surface area contributed by atoms with Crippen LogP contribution in [0.5, 0.6) is 5.75 Å². The quantitative estimate of drug-likeness (QED) is 0.412. The third-order valence-electron chi connectivity index (χ3n) is 9.28. The lowest BCUT2D eigenvalue weighted by atomic mass is 10.1. The van der Waals surface area contributed by atoms with Crippen LogP contribution in [0.2, 0.25) is 0 Å². The highest BCUT2D eigenvalue weighted by molar-refractivity contribution is 6.00. The van der Waals surface area contributed by atoms with E-state index in [0.29, 0.717) is 23.1 Å². The molecule has 0 radical (unpaired) electrons. The van der Waals surface area contributed by atoms with Gasteiger partial charge in [0.05, 0.1) is 24.4 Å². The number of methoxy groups -OCH3 is 1. The van der Waals surface area contributed by atoms with Gasteiger partial charge in [-0.2, -0.15) is 0 Å². The smallest absolute Gasteiger partial charge is 0.254 e. The van der Waals surface area contributed by atoms with Crippen molar-refractivity contribution in [2.24, 2.45) is 17.6 Å². The third kappa shape index (κ3) is 3.27. The first-order valence-electron chi connectivity index (χ1n) is 13.9. The second-order valence-corrected chi connectivity index (χ2v) is 11.6. The minimum absolute atomic E-state index is 0.0290. The van der Waals surface area contributed by atoms with Gasteiger partial charge in [0.1, 0.15) is 16.9 Å². The Morgan fingerprint density at radius 2 is 2.05 bits per heavy atom. The number of carbonyl (C=O) groups excluding carboxylic acids is 1. The van der Waals surface area contributed by atoms with Crippen molar-refractivity contribution in [1.29, 1.82) is 0 Å². The molecule has 2 bridgehead atoms. The second kappa shape index (κ2) is 8.28. The Morgan fingerprint density at radius 1 is 1.18 bits per heavy atom. The predicted molar refractivity (Wildman–Crippen MR) is 145 cm³/mol. The zero-order valence-corrected chi connectivity index (χ0v) is 21.6. The molecule has 4 aromatic rings. The molecule has 9 heteroatoms. The van der Waals surface area contributed by atoms with Crippen LogP contribution < -0.4 is 15.8 Å². The molecule has 38 heavy (non-hydrogen) atoms. The van der Waals surface area contributed by atoms with Crippen LogP contribution in [-0.4, -0.2) is 68.7 Å². The van der Waals surface area contributed by atoms with Gasteiger partial charge < -0.3 is 29.8 Å². The number of benzene rings is 1. The molecular formula is C29H33N7O2. The summed E-state index contributed by atoms with van der Waals surface area (Å²) >= 11 is 0. The molecule has 8 rings (SSSR count). The number of nitrogens with zero attached hydrogens (tertiary/aromatic N) is 5. The first kappa shape index (κ1) is 22.5. The van der Waals surface area contributed by atoms with Crippen molar-refractivity contribution in [2.45, 2.75) is 50.4 Å². The van der Waals surface area contributed by atoms with E-state index >= 15 is 0 Å². The molecule has 9 nitrogen and oxygen atoms in total. The summed E-state index contributed by atoms with van der Waals surface area (Å²) in [6.45, 7) is 3.43. The van der Waals surface area contributed by atoms with Gasteiger partial charge in [-0.3, -0.25) is 4.79 Å². The van der Waals surface area contributed by atoms with Crippen LogP contribution in [0.1, 0.15) is 42.1 Å². The lowest BCUT2D eigenvalue weighted by Crippen LogP contribution is -2.43. The van der Waals surface area contributed by atoms with Crippen molar-refractivity contribution in [1.82, 2.24) is 29.3 Å². The standard InChI is InChI=1S/C29H33N7O2/c1-38-24-11-19(29(37)35-15-18-6-7-22(35)25(18)30)9-21-26(24)36(20-12-31-13-20)28(33-21)23-10-17-3-2-8-32-27(17)34(23)14-16-4-5-16/h2-3,8-11,16,18,20,22,25,31H,4-7,12-15,30H2,1H3/t18?,22?,25-/m1/s1. The number of hydrogen-bond acceptors (Lipinski definition) is 6. The normalized spacial score (nSPS) is 25.0. The number of rotatable bonds is 6. The maximum Gasteiger partial charge on any atom is 0.254 e. The van der Waals surface area contributed by atoms with Crippen LogP contribution in [0.25, 0.3) is 33.6 Å². The molecule has 1 aromatic carbocycles. The molecule has 2 unspecified atom stereocenters. The van der Waals surface area contributed by atoms with Gasteiger partial charge in [-0.15, -0.1) is 0 Å². The fourth-order valence-electron chi connectivity index (χ4n) is 6.93. The van der Waals surface area contributed by atoms with Crippen LogP contribution in [-0.2, 0) is 6.54 Å². The highest BCUT2D eigenvalue weighted by atomic mass is 16.5. The van der Waals surface area contributed by atoms with Gasteiger partial charge in [0.25, 0.3) is 5.91 Å². The number of piperidine rings is 1. The Bertz CT molecular complexity index is 1580. The monoisotopic (exact) mass is 511 g/mol. The van der Waals surface area contributed by atoms with Crippen molar-refractivity contribution in [2.75, 3.05) is 26.7 Å². The molecule has 2 aliphatic carbocycles. The molecule has 0 spiro atoms. The second-order valence-electron chi connectivity index (χ2n) is 11.6. The van der Waals surface area contributed by atoms with Gasteiger partial charge in [-0.25, -0.2) is 9.97 Å². The van der Waals surface area contributed by atoms with Gasteiger partial charge in [-0.1, -0.05) is 0 Å². The van der Waals surface area contributed by atoms with E-state index in [1.54, 1.807) is 7.11 Å². The van der Waals surface area contributed by atoms with Crippen LogP contribution >= 0.6 is 0 Å². The van der Waals surface area contributed by atoms with Gasteiger partial charge >= 0.3 is 0 Å². The fourth-order valence-corrected chi connectivity index (χ4v) is 6.93. The SMILES string of the molecule is COc1cc(C(=O)N2CC3CCC2[C@@H]3N)cc2nc(-c3cc4cccnc4n3CC3CC3)n(C3CNC3)c12. The van der Waals surface area contributed by atoms with E-state index in [-0.39, 0.29) is 24.0 Å². The van der Waals surface area contributed by atoms with Crippen LogP contribution in [0.15, 0.2) is 36.5 Å². The third-order valence-corrected chi connectivity index (χ3v) is 9.28. The molecule has 4 aliphatic rings. The van der Waals surface area contributed by atoms with Gasteiger partial charge in [-0.05, 0) is 67.9 Å². The first-order valence-corrected chi connectivity index (χ1v) is 13.9. The lowest BCUT2D eigenvalue weighted by Gasteiger charge is -2.31. The van der Waals surface area contributed by atoms with Gasteiger partial charge in [0.2, 0.25) is 0 Å². The topological polar surface area (TPSA) is 103 Å². The largest absolute Gasteiger partial charge is 0.494 e. The van der Waals surface area contributed by atoms with E-state index < -0.39 is 0 Å². The number of likely N-dealkylation sites (tertiary alicyclic amines) is 1. The molecule has 4 fully saturated rings. The van der Waals surface area contributed by atoms with Crippen molar-refractivity contribution < 1.29 is 9.53 Å². The molecule has 2 saturated heterocycles. The van der Waals surface area contributed by atoms with Crippen LogP contribution in [0.3, 0.4) is 0 Å². The molecule has 1 amide bonds. The number of imidazole rings is 1. The van der Waals surface area contributed by atoms with Crippen molar-refractivity contribution in [3.05, 3.63) is 42.1 Å². The Hall–Kier alpha value is -3.43. The maximum absolute atomic E-state index is 13.7. The Balaban J connectivity index is 1.30. The summed E-state index contributed by atoms with van der Waals surface area (Å²) in [5.74, 6) is 2.73. The summed E-state index contributed by atoms with van der Waals surface area (Å²) in [5.41, 5.74) is 10.9. The summed E-state index contributed by atoms with van der Waals surface area (Å²) in [5, 5.41) is 4.54. The first-order chi connectivity index (χ1) is 18.6. The van der Waals surface area contributed by atoms with E-state index in [9.17, 15) is 4.79 Å². The van der Waals surface area contributed by atoms with Crippen LogP contribution in [0.4, 0.5) is 0 Å². The average Bonchev–Trinajstić information content (AvgIpc) is 3.26. The van der Waals surface area contributed by atoms with Crippen molar-refractivity contribution >= 4 is 28.0 Å². The molecule has 2 aliphatic heterocycles. The van der Waals surface area contributed by atoms with E-state index in [1.807, 2.05) is 29.3 Å².